The summed E-state index contributed by atoms with van der Waals surface area (Å²) in [5.41, 5.74) is 0.672. The zero-order valence-corrected chi connectivity index (χ0v) is 15.3. The lowest BCUT2D eigenvalue weighted by molar-refractivity contribution is 0.0316. The average Bonchev–Trinajstić information content (AvgIpc) is 2.69. The van der Waals surface area contributed by atoms with Gasteiger partial charge < -0.3 is 9.47 Å². The van der Waals surface area contributed by atoms with Gasteiger partial charge in [-0.25, -0.2) is 4.79 Å². The van der Waals surface area contributed by atoms with Crippen molar-refractivity contribution in [1.29, 1.82) is 0 Å². The third-order valence-corrected chi connectivity index (χ3v) is 4.11. The molecule has 0 aliphatic carbocycles. The van der Waals surface area contributed by atoms with Gasteiger partial charge in [0, 0.05) is 10.6 Å². The lowest BCUT2D eigenvalue weighted by Gasteiger charge is -2.14. The predicted molar refractivity (Wildman–Crippen MR) is 104 cm³/mol. The molecule has 0 aromatic heterocycles. The fourth-order valence-corrected chi connectivity index (χ4v) is 2.59. The molecule has 0 heterocycles. The molecule has 3 aromatic rings. The number of para-hydroxylation sites is 2. The monoisotopic (exact) mass is 380 g/mol. The number of carbonyl (C=O) groups is 2. The summed E-state index contributed by atoms with van der Waals surface area (Å²) in [6, 6.07) is 22.3. The summed E-state index contributed by atoms with van der Waals surface area (Å²) in [4.78, 5) is 25.0. The summed E-state index contributed by atoms with van der Waals surface area (Å²) in [7, 11) is 0. The van der Waals surface area contributed by atoms with E-state index in [-0.39, 0.29) is 11.3 Å². The van der Waals surface area contributed by atoms with Gasteiger partial charge in [0.15, 0.2) is 6.10 Å². The summed E-state index contributed by atoms with van der Waals surface area (Å²) in [5, 5.41) is 0.531. The van der Waals surface area contributed by atoms with Gasteiger partial charge in [0.1, 0.15) is 17.1 Å². The highest BCUT2D eigenvalue weighted by molar-refractivity contribution is 6.30. The van der Waals surface area contributed by atoms with E-state index < -0.39 is 12.1 Å². The molecule has 0 bridgehead atoms. The second-order valence-electron chi connectivity index (χ2n) is 5.83. The highest BCUT2D eigenvalue weighted by atomic mass is 35.5. The molecule has 0 aliphatic heterocycles. The predicted octanol–water partition coefficient (Wildman–Crippen LogP) is 5.56. The van der Waals surface area contributed by atoms with Crippen LogP contribution in [0.4, 0.5) is 0 Å². The molecule has 0 amide bonds. The van der Waals surface area contributed by atoms with Crippen molar-refractivity contribution in [2.45, 2.75) is 13.0 Å². The van der Waals surface area contributed by atoms with Crippen LogP contribution in [-0.4, -0.2) is 17.9 Å². The molecule has 3 aromatic carbocycles. The minimum Gasteiger partial charge on any atom is -0.456 e. The van der Waals surface area contributed by atoms with Crippen molar-refractivity contribution in [3.8, 4) is 11.5 Å². The SMILES string of the molecule is C[C@H](OC(=O)c1ccccc1Oc1ccccc1)C(=O)c1ccc(Cl)cc1. The molecule has 0 saturated carbocycles. The van der Waals surface area contributed by atoms with Gasteiger partial charge in [-0.1, -0.05) is 41.9 Å². The number of ketones is 1. The molecule has 0 N–H and O–H groups in total. The van der Waals surface area contributed by atoms with Crippen LogP contribution in [0.1, 0.15) is 27.6 Å². The number of carbonyl (C=O) groups excluding carboxylic acids is 2. The Kier molecular flexibility index (Phi) is 5.89. The molecule has 0 aliphatic rings. The molecule has 1 atom stereocenters. The molecule has 5 heteroatoms. The van der Waals surface area contributed by atoms with Gasteiger partial charge in [0.2, 0.25) is 5.78 Å². The van der Waals surface area contributed by atoms with Gasteiger partial charge >= 0.3 is 5.97 Å². The van der Waals surface area contributed by atoms with Crippen LogP contribution < -0.4 is 4.74 Å². The zero-order valence-electron chi connectivity index (χ0n) is 14.6. The van der Waals surface area contributed by atoms with Gasteiger partial charge in [-0.15, -0.1) is 0 Å². The van der Waals surface area contributed by atoms with Gasteiger partial charge in [-0.05, 0) is 55.5 Å². The normalized spacial score (nSPS) is 11.5. The van der Waals surface area contributed by atoms with Gasteiger partial charge in [0.25, 0.3) is 0 Å². The van der Waals surface area contributed by atoms with E-state index in [0.29, 0.717) is 22.1 Å². The smallest absolute Gasteiger partial charge is 0.342 e. The van der Waals surface area contributed by atoms with E-state index in [0.717, 1.165) is 0 Å². The Bertz CT molecular complexity index is 936. The van der Waals surface area contributed by atoms with E-state index in [9.17, 15) is 9.59 Å². The molecular formula is C22H17ClO4. The van der Waals surface area contributed by atoms with Gasteiger partial charge in [0.05, 0.1) is 0 Å². The van der Waals surface area contributed by atoms with Crippen molar-refractivity contribution in [1.82, 2.24) is 0 Å². The molecule has 3 rings (SSSR count). The number of halogens is 1. The number of ether oxygens (including phenoxy) is 2. The van der Waals surface area contributed by atoms with Crippen molar-refractivity contribution in [2.75, 3.05) is 0 Å². The first-order valence-electron chi connectivity index (χ1n) is 8.37. The van der Waals surface area contributed by atoms with E-state index >= 15 is 0 Å². The molecule has 0 unspecified atom stereocenters. The maximum absolute atomic E-state index is 12.6. The van der Waals surface area contributed by atoms with Gasteiger partial charge in [-0.2, -0.15) is 0 Å². The summed E-state index contributed by atoms with van der Waals surface area (Å²) in [5.74, 6) is 0.0284. The molecule has 27 heavy (non-hydrogen) atoms. The van der Waals surface area contributed by atoms with Crippen LogP contribution in [0.15, 0.2) is 78.9 Å². The molecule has 0 saturated heterocycles. The maximum Gasteiger partial charge on any atom is 0.342 e. The largest absolute Gasteiger partial charge is 0.456 e. The summed E-state index contributed by atoms with van der Waals surface area (Å²) >= 11 is 5.83. The van der Waals surface area contributed by atoms with Crippen LogP contribution in [-0.2, 0) is 4.74 Å². The zero-order chi connectivity index (χ0) is 19.2. The molecular weight excluding hydrogens is 364 g/mol. The highest BCUT2D eigenvalue weighted by Gasteiger charge is 2.22. The minimum atomic E-state index is -0.941. The molecule has 0 fully saturated rings. The highest BCUT2D eigenvalue weighted by Crippen LogP contribution is 2.26. The fraction of sp³-hybridized carbons (Fsp3) is 0.0909. The number of benzene rings is 3. The molecule has 0 radical (unpaired) electrons. The number of rotatable bonds is 6. The first-order chi connectivity index (χ1) is 13.0. The number of hydrogen-bond donors (Lipinski definition) is 0. The Labute approximate surface area is 162 Å². The Balaban J connectivity index is 1.74. The first-order valence-corrected chi connectivity index (χ1v) is 8.75. The number of Topliss-reactive ketones (excluding diaryl/α,β-unsaturated/α-hetero) is 1. The van der Waals surface area contributed by atoms with Gasteiger partial charge in [-0.3, -0.25) is 4.79 Å². The second-order valence-corrected chi connectivity index (χ2v) is 6.27. The Morgan fingerprint density at radius 1 is 0.852 bits per heavy atom. The van der Waals surface area contributed by atoms with Crippen LogP contribution in [0.5, 0.6) is 11.5 Å². The quantitative estimate of drug-likeness (QED) is 0.415. The summed E-state index contributed by atoms with van der Waals surface area (Å²) in [6.45, 7) is 1.54. The lowest BCUT2D eigenvalue weighted by Crippen LogP contribution is -2.24. The fourth-order valence-electron chi connectivity index (χ4n) is 2.47. The van der Waals surface area contributed by atoms with Crippen molar-refractivity contribution in [3.63, 3.8) is 0 Å². The lowest BCUT2D eigenvalue weighted by atomic mass is 10.1. The van der Waals surface area contributed by atoms with E-state index in [4.69, 9.17) is 21.1 Å². The van der Waals surface area contributed by atoms with Crippen LogP contribution in [0.3, 0.4) is 0 Å². The average molecular weight is 381 g/mol. The topological polar surface area (TPSA) is 52.6 Å². The Morgan fingerprint density at radius 3 is 2.19 bits per heavy atom. The Morgan fingerprint density at radius 2 is 1.48 bits per heavy atom. The van der Waals surface area contributed by atoms with E-state index in [1.807, 2.05) is 18.2 Å². The van der Waals surface area contributed by atoms with Crippen LogP contribution >= 0.6 is 11.6 Å². The summed E-state index contributed by atoms with van der Waals surface area (Å²) in [6.07, 6.45) is -0.941. The van der Waals surface area contributed by atoms with Crippen molar-refractivity contribution in [3.05, 3.63) is 95.0 Å². The van der Waals surface area contributed by atoms with E-state index in [1.54, 1.807) is 60.7 Å². The van der Waals surface area contributed by atoms with Crippen molar-refractivity contribution >= 4 is 23.4 Å². The Hall–Kier alpha value is -3.11. The van der Waals surface area contributed by atoms with E-state index in [2.05, 4.69) is 0 Å². The minimum absolute atomic E-state index is 0.247. The van der Waals surface area contributed by atoms with Crippen LogP contribution in [0, 0.1) is 0 Å². The number of esters is 1. The third-order valence-electron chi connectivity index (χ3n) is 3.86. The molecule has 0 spiro atoms. The first kappa shape index (κ1) is 18.7. The summed E-state index contributed by atoms with van der Waals surface area (Å²) < 4.78 is 11.1. The molecule has 136 valence electrons. The second kappa shape index (κ2) is 8.52. The van der Waals surface area contributed by atoms with Crippen molar-refractivity contribution < 1.29 is 19.1 Å². The van der Waals surface area contributed by atoms with Crippen LogP contribution in [0.2, 0.25) is 5.02 Å². The van der Waals surface area contributed by atoms with E-state index in [1.165, 1.54) is 6.92 Å². The third kappa shape index (κ3) is 4.74. The molecule has 4 nitrogen and oxygen atoms in total. The van der Waals surface area contributed by atoms with Crippen molar-refractivity contribution in [2.24, 2.45) is 0 Å². The maximum atomic E-state index is 12.6. The van der Waals surface area contributed by atoms with Crippen LogP contribution in [0.25, 0.3) is 0 Å². The number of hydrogen-bond acceptors (Lipinski definition) is 4. The standard InChI is InChI=1S/C22H17ClO4/c1-15(21(24)16-11-13-17(23)14-12-16)26-22(25)19-9-5-6-10-20(19)27-18-7-3-2-4-8-18/h2-15H,1H3/t15-/m0/s1.